The number of rotatable bonds is 6. The summed E-state index contributed by atoms with van der Waals surface area (Å²) in [7, 11) is 0. The highest BCUT2D eigenvalue weighted by atomic mass is 35.5. The van der Waals surface area contributed by atoms with Crippen LogP contribution in [0.2, 0.25) is 10.0 Å². The van der Waals surface area contributed by atoms with Gasteiger partial charge in [0, 0.05) is 18.7 Å². The number of hydrogen-bond donors (Lipinski definition) is 0. The van der Waals surface area contributed by atoms with Crippen LogP contribution in [0.1, 0.15) is 25.7 Å². The number of ether oxygens (including phenoxy) is 1. The molecule has 3 rings (SSSR count). The SMILES string of the molecule is O=c1ccc(OCCCN2CCCCC2)nn1-c1cccc(Cl)c1Cl. The molecule has 1 aromatic carbocycles. The average molecular weight is 382 g/mol. The molecule has 0 bridgehead atoms. The van der Waals surface area contributed by atoms with Gasteiger partial charge < -0.3 is 9.64 Å². The quantitative estimate of drug-likeness (QED) is 0.714. The maximum absolute atomic E-state index is 12.1. The van der Waals surface area contributed by atoms with Gasteiger partial charge in [-0.2, -0.15) is 4.68 Å². The van der Waals surface area contributed by atoms with Crippen LogP contribution in [0.4, 0.5) is 0 Å². The lowest BCUT2D eigenvalue weighted by molar-refractivity contribution is 0.202. The monoisotopic (exact) mass is 381 g/mol. The molecule has 0 unspecified atom stereocenters. The Hall–Kier alpha value is -1.56. The Morgan fingerprint density at radius 3 is 2.68 bits per heavy atom. The third-order valence-corrected chi connectivity index (χ3v) is 5.06. The number of aromatic nitrogens is 2. The van der Waals surface area contributed by atoms with Gasteiger partial charge in [0.15, 0.2) is 0 Å². The fourth-order valence-corrected chi connectivity index (χ4v) is 3.32. The standard InChI is InChI=1S/C18H21Cl2N3O2/c19-14-6-4-7-15(18(14)20)23-17(24)9-8-16(21-23)25-13-5-12-22-10-2-1-3-11-22/h4,6-9H,1-3,5,10-13H2. The summed E-state index contributed by atoms with van der Waals surface area (Å²) in [5.41, 5.74) is 0.155. The molecule has 0 aliphatic carbocycles. The Morgan fingerprint density at radius 2 is 1.88 bits per heavy atom. The summed E-state index contributed by atoms with van der Waals surface area (Å²) in [6.45, 7) is 3.94. The van der Waals surface area contributed by atoms with Crippen LogP contribution < -0.4 is 10.3 Å². The normalized spacial score (nSPS) is 15.3. The number of nitrogens with zero attached hydrogens (tertiary/aromatic N) is 3. The second kappa shape index (κ2) is 8.70. The summed E-state index contributed by atoms with van der Waals surface area (Å²) in [5, 5.41) is 4.92. The first-order valence-corrected chi connectivity index (χ1v) is 9.31. The van der Waals surface area contributed by atoms with Gasteiger partial charge in [-0.25, -0.2) is 0 Å². The summed E-state index contributed by atoms with van der Waals surface area (Å²) in [5.74, 6) is 0.397. The average Bonchev–Trinajstić information content (AvgIpc) is 2.63. The summed E-state index contributed by atoms with van der Waals surface area (Å²) in [6.07, 6.45) is 4.84. The van der Waals surface area contributed by atoms with Crippen molar-refractivity contribution in [3.63, 3.8) is 0 Å². The van der Waals surface area contributed by atoms with Crippen molar-refractivity contribution in [2.45, 2.75) is 25.7 Å². The molecule has 1 aromatic heterocycles. The van der Waals surface area contributed by atoms with E-state index in [-0.39, 0.29) is 5.56 Å². The third-order valence-electron chi connectivity index (χ3n) is 4.25. The Labute approximate surface area is 157 Å². The zero-order valence-corrected chi connectivity index (χ0v) is 15.5. The summed E-state index contributed by atoms with van der Waals surface area (Å²) in [6, 6.07) is 8.09. The second-order valence-electron chi connectivity index (χ2n) is 6.10. The van der Waals surface area contributed by atoms with E-state index in [1.165, 1.54) is 43.1 Å². The number of benzene rings is 1. The van der Waals surface area contributed by atoms with Crippen molar-refractivity contribution in [2.75, 3.05) is 26.2 Å². The molecule has 0 N–H and O–H groups in total. The highest BCUT2D eigenvalue weighted by Gasteiger charge is 2.11. The Balaban J connectivity index is 1.63. The molecule has 2 aromatic rings. The van der Waals surface area contributed by atoms with Crippen molar-refractivity contribution in [1.29, 1.82) is 0 Å². The fraction of sp³-hybridized carbons (Fsp3) is 0.444. The van der Waals surface area contributed by atoms with Gasteiger partial charge in [0.05, 0.1) is 22.3 Å². The smallest absolute Gasteiger partial charge is 0.271 e. The predicted molar refractivity (Wildman–Crippen MR) is 100 cm³/mol. The molecule has 5 nitrogen and oxygen atoms in total. The van der Waals surface area contributed by atoms with Crippen LogP contribution in [0.3, 0.4) is 0 Å². The molecule has 0 spiro atoms. The van der Waals surface area contributed by atoms with Gasteiger partial charge in [0.1, 0.15) is 0 Å². The molecule has 134 valence electrons. The predicted octanol–water partition coefficient (Wildman–Crippen LogP) is 3.79. The number of likely N-dealkylation sites (tertiary alicyclic amines) is 1. The minimum atomic E-state index is -0.287. The molecule has 0 radical (unpaired) electrons. The van der Waals surface area contributed by atoms with Crippen molar-refractivity contribution in [1.82, 2.24) is 14.7 Å². The number of piperidine rings is 1. The van der Waals surface area contributed by atoms with Gasteiger partial charge in [0.25, 0.3) is 5.56 Å². The molecular weight excluding hydrogens is 361 g/mol. The van der Waals surface area contributed by atoms with E-state index in [4.69, 9.17) is 27.9 Å². The highest BCUT2D eigenvalue weighted by molar-refractivity contribution is 6.43. The summed E-state index contributed by atoms with van der Waals surface area (Å²) >= 11 is 12.2. The lowest BCUT2D eigenvalue weighted by atomic mass is 10.1. The lowest BCUT2D eigenvalue weighted by Gasteiger charge is -2.26. The van der Waals surface area contributed by atoms with E-state index in [0.717, 1.165) is 13.0 Å². The topological polar surface area (TPSA) is 47.4 Å². The van der Waals surface area contributed by atoms with Crippen LogP contribution in [-0.2, 0) is 0 Å². The van der Waals surface area contributed by atoms with E-state index in [0.29, 0.717) is 28.2 Å². The molecule has 2 heterocycles. The van der Waals surface area contributed by atoms with Crippen LogP contribution in [0.15, 0.2) is 35.1 Å². The fourth-order valence-electron chi connectivity index (χ4n) is 2.95. The maximum Gasteiger partial charge on any atom is 0.271 e. The molecule has 25 heavy (non-hydrogen) atoms. The molecular formula is C18H21Cl2N3O2. The van der Waals surface area contributed by atoms with Gasteiger partial charge in [0.2, 0.25) is 5.88 Å². The van der Waals surface area contributed by atoms with Crippen molar-refractivity contribution in [3.8, 4) is 11.6 Å². The number of hydrogen-bond acceptors (Lipinski definition) is 4. The van der Waals surface area contributed by atoms with Crippen molar-refractivity contribution in [2.24, 2.45) is 0 Å². The first-order valence-electron chi connectivity index (χ1n) is 8.55. The lowest BCUT2D eigenvalue weighted by Crippen LogP contribution is -2.31. The van der Waals surface area contributed by atoms with Gasteiger partial charge in [-0.15, -0.1) is 5.10 Å². The minimum Gasteiger partial charge on any atom is -0.477 e. The van der Waals surface area contributed by atoms with E-state index in [2.05, 4.69) is 10.00 Å². The molecule has 0 saturated carbocycles. The molecule has 1 aliphatic heterocycles. The third kappa shape index (κ3) is 4.75. The van der Waals surface area contributed by atoms with Crippen molar-refractivity contribution < 1.29 is 4.74 Å². The molecule has 0 atom stereocenters. The van der Waals surface area contributed by atoms with E-state index in [9.17, 15) is 4.79 Å². The number of halogens is 2. The van der Waals surface area contributed by atoms with E-state index < -0.39 is 0 Å². The zero-order valence-electron chi connectivity index (χ0n) is 14.0. The van der Waals surface area contributed by atoms with Crippen molar-refractivity contribution in [3.05, 3.63) is 50.7 Å². The van der Waals surface area contributed by atoms with Crippen LogP contribution in [0.25, 0.3) is 5.69 Å². The van der Waals surface area contributed by atoms with Crippen LogP contribution in [-0.4, -0.2) is 40.9 Å². The van der Waals surface area contributed by atoms with Gasteiger partial charge in [-0.05, 0) is 44.5 Å². The minimum absolute atomic E-state index is 0.287. The van der Waals surface area contributed by atoms with E-state index >= 15 is 0 Å². The summed E-state index contributed by atoms with van der Waals surface area (Å²) < 4.78 is 6.93. The second-order valence-corrected chi connectivity index (χ2v) is 6.88. The molecule has 7 heteroatoms. The Bertz CT molecular complexity index is 773. The Morgan fingerprint density at radius 1 is 1.08 bits per heavy atom. The van der Waals surface area contributed by atoms with Crippen LogP contribution >= 0.6 is 23.2 Å². The van der Waals surface area contributed by atoms with Gasteiger partial charge >= 0.3 is 0 Å². The molecule has 1 saturated heterocycles. The van der Waals surface area contributed by atoms with E-state index in [1.807, 2.05) is 0 Å². The van der Waals surface area contributed by atoms with E-state index in [1.54, 1.807) is 24.3 Å². The first kappa shape index (κ1) is 18.2. The highest BCUT2D eigenvalue weighted by Crippen LogP contribution is 2.27. The Kier molecular flexibility index (Phi) is 6.34. The molecule has 0 amide bonds. The first-order chi connectivity index (χ1) is 12.1. The zero-order chi connectivity index (χ0) is 17.6. The van der Waals surface area contributed by atoms with Gasteiger partial charge in [-0.1, -0.05) is 35.7 Å². The largest absolute Gasteiger partial charge is 0.477 e. The molecule has 1 fully saturated rings. The maximum atomic E-state index is 12.1. The summed E-state index contributed by atoms with van der Waals surface area (Å²) in [4.78, 5) is 14.6. The van der Waals surface area contributed by atoms with Gasteiger partial charge in [-0.3, -0.25) is 4.79 Å². The van der Waals surface area contributed by atoms with Crippen LogP contribution in [0.5, 0.6) is 5.88 Å². The van der Waals surface area contributed by atoms with Crippen LogP contribution in [0, 0.1) is 0 Å². The molecule has 1 aliphatic rings. The van der Waals surface area contributed by atoms with Crippen molar-refractivity contribution >= 4 is 23.2 Å².